The van der Waals surface area contributed by atoms with Crippen molar-refractivity contribution in [3.63, 3.8) is 0 Å². The fraction of sp³-hybridized carbons (Fsp3) is 0.136. The van der Waals surface area contributed by atoms with Gasteiger partial charge in [0.1, 0.15) is 36.8 Å². The van der Waals surface area contributed by atoms with E-state index in [0.717, 1.165) is 12.1 Å². The topological polar surface area (TPSA) is 40.5 Å². The Bertz CT molecular complexity index is 1120. The Morgan fingerprint density at radius 1 is 1.13 bits per heavy atom. The maximum atomic E-state index is 14.3. The molecule has 1 aromatic heterocycles. The molecular weight excluding hydrogens is 402 g/mol. The molecule has 30 heavy (non-hydrogen) atoms. The van der Waals surface area contributed by atoms with Gasteiger partial charge in [0.15, 0.2) is 0 Å². The minimum absolute atomic E-state index is 0.0154. The molecule has 0 amide bonds. The van der Waals surface area contributed by atoms with Gasteiger partial charge in [0.25, 0.3) is 0 Å². The molecule has 0 bridgehead atoms. The molecule has 1 aliphatic heterocycles. The summed E-state index contributed by atoms with van der Waals surface area (Å²) in [5, 5.41) is 0. The van der Waals surface area contributed by atoms with E-state index in [1.165, 1.54) is 18.2 Å². The molecule has 0 spiro atoms. The van der Waals surface area contributed by atoms with E-state index in [9.17, 15) is 22.4 Å². The quantitative estimate of drug-likeness (QED) is 0.424. The number of fused-ring (bicyclic) bond motifs is 1. The number of carbonyl (C=O) groups is 1. The number of alkyl halides is 3. The molecule has 2 heterocycles. The summed E-state index contributed by atoms with van der Waals surface area (Å²) in [6.45, 7) is -0.424. The van der Waals surface area contributed by atoms with Crippen molar-refractivity contribution in [1.82, 2.24) is 4.57 Å². The van der Waals surface area contributed by atoms with Gasteiger partial charge < -0.3 is 14.0 Å². The number of benzene rings is 2. The van der Waals surface area contributed by atoms with Crippen LogP contribution in [-0.2, 0) is 17.6 Å². The molecule has 0 saturated carbocycles. The van der Waals surface area contributed by atoms with Gasteiger partial charge in [0, 0.05) is 41.4 Å². The maximum absolute atomic E-state index is 14.3. The number of nitrogens with zero attached hydrogens (tertiary/aromatic N) is 1. The summed E-state index contributed by atoms with van der Waals surface area (Å²) in [6.07, 6.45) is 0.648. The van der Waals surface area contributed by atoms with Crippen molar-refractivity contribution in [2.45, 2.75) is 12.8 Å². The second-order valence-corrected chi connectivity index (χ2v) is 6.66. The summed E-state index contributed by atoms with van der Waals surface area (Å²) in [4.78, 5) is 10.8. The van der Waals surface area contributed by atoms with Crippen molar-refractivity contribution in [3.8, 4) is 17.2 Å². The van der Waals surface area contributed by atoms with Crippen LogP contribution in [-0.4, -0.2) is 17.5 Å². The van der Waals surface area contributed by atoms with E-state index in [4.69, 9.17) is 9.47 Å². The van der Waals surface area contributed by atoms with Crippen LogP contribution in [0.4, 0.5) is 17.6 Å². The third kappa shape index (κ3) is 3.94. The predicted molar refractivity (Wildman–Crippen MR) is 101 cm³/mol. The molecule has 0 atom stereocenters. The minimum Gasteiger partial charge on any atom is -0.489 e. The van der Waals surface area contributed by atoms with Gasteiger partial charge in [0.2, 0.25) is 0 Å². The zero-order chi connectivity index (χ0) is 21.3. The molecule has 2 aromatic carbocycles. The largest absolute Gasteiger partial charge is 0.489 e. The average molecular weight is 417 g/mol. The predicted octanol–water partition coefficient (Wildman–Crippen LogP) is 5.19. The first-order chi connectivity index (χ1) is 14.3. The Morgan fingerprint density at radius 2 is 1.90 bits per heavy atom. The van der Waals surface area contributed by atoms with Gasteiger partial charge in [-0.2, -0.15) is 13.2 Å². The zero-order valence-electron chi connectivity index (χ0n) is 15.4. The smallest absolute Gasteiger partial charge is 0.416 e. The molecular formula is C22H15F4NO3. The van der Waals surface area contributed by atoms with Gasteiger partial charge in [-0.25, -0.2) is 4.39 Å². The van der Waals surface area contributed by atoms with E-state index in [2.05, 4.69) is 0 Å². The summed E-state index contributed by atoms with van der Waals surface area (Å²) in [6, 6.07) is 9.79. The van der Waals surface area contributed by atoms with Crippen LogP contribution in [0.25, 0.3) is 11.8 Å². The first-order valence-corrected chi connectivity index (χ1v) is 8.93. The molecule has 4 nitrogen and oxygen atoms in total. The van der Waals surface area contributed by atoms with E-state index in [1.807, 2.05) is 0 Å². The summed E-state index contributed by atoms with van der Waals surface area (Å²) < 4.78 is 67.4. The number of aldehydes is 1. The van der Waals surface area contributed by atoms with Crippen LogP contribution in [0.15, 0.2) is 60.4 Å². The highest BCUT2D eigenvalue weighted by atomic mass is 19.4. The Hall–Kier alpha value is -3.55. The normalized spacial score (nSPS) is 13.3. The molecule has 3 aromatic rings. The monoisotopic (exact) mass is 417 g/mol. The van der Waals surface area contributed by atoms with Crippen LogP contribution in [0, 0.1) is 5.82 Å². The number of hydrogen-bond acceptors (Lipinski definition) is 3. The molecule has 0 N–H and O–H groups in total. The van der Waals surface area contributed by atoms with Gasteiger partial charge in [0.05, 0.1) is 11.1 Å². The van der Waals surface area contributed by atoms with Crippen LogP contribution in [0.1, 0.15) is 16.7 Å². The second-order valence-electron chi connectivity index (χ2n) is 6.66. The first kappa shape index (κ1) is 19.8. The van der Waals surface area contributed by atoms with Crippen LogP contribution >= 0.6 is 0 Å². The number of rotatable bonds is 5. The molecule has 0 saturated heterocycles. The maximum Gasteiger partial charge on any atom is 0.416 e. The third-order valence-electron chi connectivity index (χ3n) is 4.64. The van der Waals surface area contributed by atoms with Crippen LogP contribution in [0.3, 0.4) is 0 Å². The van der Waals surface area contributed by atoms with E-state index in [0.29, 0.717) is 12.0 Å². The van der Waals surface area contributed by atoms with E-state index >= 15 is 0 Å². The summed E-state index contributed by atoms with van der Waals surface area (Å²) >= 11 is 0. The third-order valence-corrected chi connectivity index (χ3v) is 4.64. The lowest BCUT2D eigenvalue weighted by atomic mass is 10.1. The average Bonchev–Trinajstić information content (AvgIpc) is 3.26. The van der Waals surface area contributed by atoms with Crippen molar-refractivity contribution in [2.75, 3.05) is 6.61 Å². The molecule has 8 heteroatoms. The number of aromatic nitrogens is 1. The summed E-state index contributed by atoms with van der Waals surface area (Å²) in [5.74, 6) is -0.507. The van der Waals surface area contributed by atoms with Gasteiger partial charge in [-0.3, -0.25) is 4.79 Å². The Balaban J connectivity index is 1.60. The summed E-state index contributed by atoms with van der Waals surface area (Å²) in [5.41, 5.74) is -0.167. The highest BCUT2D eigenvalue weighted by molar-refractivity contribution is 5.84. The fourth-order valence-electron chi connectivity index (χ4n) is 3.15. The highest BCUT2D eigenvalue weighted by Crippen LogP contribution is 2.36. The van der Waals surface area contributed by atoms with Crippen molar-refractivity contribution in [2.24, 2.45) is 0 Å². The SMILES string of the molecule is O=CC1=Cc2c(F)cc(OCc3ccc(-n4cccc4)cc3C(F)(F)F)cc2OC1. The molecule has 1 aliphatic rings. The lowest BCUT2D eigenvalue weighted by Gasteiger charge is -2.18. The molecule has 0 radical (unpaired) electrons. The standard InChI is InChI=1S/C22H15F4NO3/c23-20-9-17(10-21-18(20)7-14(11-28)12-30-21)29-13-15-3-4-16(27-5-1-2-6-27)8-19(15)22(24,25)26/h1-11H,12-13H2. The Morgan fingerprint density at radius 3 is 2.60 bits per heavy atom. The molecule has 4 rings (SSSR count). The second kappa shape index (κ2) is 7.70. The van der Waals surface area contributed by atoms with Crippen LogP contribution in [0.5, 0.6) is 11.5 Å². The fourth-order valence-corrected chi connectivity index (χ4v) is 3.15. The van der Waals surface area contributed by atoms with Gasteiger partial charge in [-0.05, 0) is 30.3 Å². The minimum atomic E-state index is -4.58. The number of carbonyl (C=O) groups excluding carboxylic acids is 1. The first-order valence-electron chi connectivity index (χ1n) is 8.93. The van der Waals surface area contributed by atoms with E-state index in [-0.39, 0.29) is 34.8 Å². The van der Waals surface area contributed by atoms with Crippen molar-refractivity contribution in [1.29, 1.82) is 0 Å². The molecule has 0 aliphatic carbocycles. The van der Waals surface area contributed by atoms with Gasteiger partial charge in [-0.1, -0.05) is 6.07 Å². The number of hydrogen-bond donors (Lipinski definition) is 0. The lowest BCUT2D eigenvalue weighted by Crippen LogP contribution is -2.12. The van der Waals surface area contributed by atoms with Gasteiger partial charge >= 0.3 is 6.18 Å². The van der Waals surface area contributed by atoms with Crippen LogP contribution in [0.2, 0.25) is 0 Å². The number of halogens is 4. The Kier molecular flexibility index (Phi) is 5.07. The number of ether oxygens (including phenoxy) is 2. The van der Waals surface area contributed by atoms with Crippen molar-refractivity contribution >= 4 is 12.4 Å². The highest BCUT2D eigenvalue weighted by Gasteiger charge is 2.34. The molecule has 154 valence electrons. The Labute approximate surface area is 169 Å². The zero-order valence-corrected chi connectivity index (χ0v) is 15.4. The van der Waals surface area contributed by atoms with Crippen molar-refractivity contribution < 1.29 is 31.8 Å². The summed E-state index contributed by atoms with van der Waals surface area (Å²) in [7, 11) is 0. The van der Waals surface area contributed by atoms with Crippen molar-refractivity contribution in [3.05, 3.63) is 82.9 Å². The lowest BCUT2D eigenvalue weighted by molar-refractivity contribution is -0.138. The van der Waals surface area contributed by atoms with E-state index < -0.39 is 24.2 Å². The molecule has 0 fully saturated rings. The van der Waals surface area contributed by atoms with Crippen LogP contribution < -0.4 is 9.47 Å². The van der Waals surface area contributed by atoms with E-state index in [1.54, 1.807) is 35.2 Å². The van der Waals surface area contributed by atoms with Gasteiger partial charge in [-0.15, -0.1) is 0 Å². The molecule has 0 unspecified atom stereocenters.